The smallest absolute Gasteiger partial charge is 0.338 e. The Kier molecular flexibility index (Phi) is 5.60. The van der Waals surface area contributed by atoms with E-state index in [1.165, 1.54) is 6.07 Å². The molecule has 0 unspecified atom stereocenters. The fourth-order valence-electron chi connectivity index (χ4n) is 3.79. The summed E-state index contributed by atoms with van der Waals surface area (Å²) in [6, 6.07) is 29.5. The van der Waals surface area contributed by atoms with Crippen LogP contribution in [0.1, 0.15) is 21.5 Å². The average Bonchev–Trinajstić information content (AvgIpc) is 2.86. The maximum absolute atomic E-state index is 12.6. The molecule has 5 heteroatoms. The molecule has 0 amide bonds. The zero-order valence-corrected chi connectivity index (χ0v) is 17.7. The fraction of sp³-hybridized carbons (Fsp3) is 0.0714. The summed E-state index contributed by atoms with van der Waals surface area (Å²) in [5.74, 6) is 0.180. The summed E-state index contributed by atoms with van der Waals surface area (Å²) in [5, 5.41) is 2.72. The maximum atomic E-state index is 12.6. The molecule has 0 saturated heterocycles. The van der Waals surface area contributed by atoms with Gasteiger partial charge in [-0.05, 0) is 46.7 Å². The summed E-state index contributed by atoms with van der Waals surface area (Å²) in [6.45, 7) is 0.406. The highest BCUT2D eigenvalue weighted by molar-refractivity contribution is 6.07. The third-order valence-corrected chi connectivity index (χ3v) is 5.41. The van der Waals surface area contributed by atoms with Crippen LogP contribution in [0.15, 0.2) is 106 Å². The van der Waals surface area contributed by atoms with E-state index in [1.54, 1.807) is 30.3 Å². The quantitative estimate of drug-likeness (QED) is 0.189. The standard InChI is InChI=1S/C28H20O5/c29-26-16-22(27-24-9-5-4-8-20(24)12-15-25(27)33-26)18-32-28(30)21-10-13-23(14-11-21)31-17-19-6-2-1-3-7-19/h1-16H,17-18H2. The SMILES string of the molecule is O=C(OCc1cc(=O)oc2ccc3ccccc3c12)c1ccc(OCc2ccccc2)cc1. The largest absolute Gasteiger partial charge is 0.489 e. The van der Waals surface area contributed by atoms with Crippen LogP contribution >= 0.6 is 0 Å². The molecular formula is C28H20O5. The molecule has 4 aromatic carbocycles. The number of carbonyl (C=O) groups excluding carboxylic acids is 1. The van der Waals surface area contributed by atoms with Crippen LogP contribution in [0.5, 0.6) is 5.75 Å². The third kappa shape index (κ3) is 4.48. The van der Waals surface area contributed by atoms with Gasteiger partial charge < -0.3 is 13.9 Å². The lowest BCUT2D eigenvalue weighted by molar-refractivity contribution is 0.0474. The van der Waals surface area contributed by atoms with Crippen molar-refractivity contribution in [1.82, 2.24) is 0 Å². The number of ether oxygens (including phenoxy) is 2. The van der Waals surface area contributed by atoms with E-state index in [4.69, 9.17) is 13.9 Å². The zero-order valence-electron chi connectivity index (χ0n) is 17.7. The van der Waals surface area contributed by atoms with Crippen LogP contribution in [0.2, 0.25) is 0 Å². The van der Waals surface area contributed by atoms with Crippen molar-refractivity contribution in [3.8, 4) is 5.75 Å². The molecule has 5 aromatic rings. The Morgan fingerprint density at radius 2 is 1.55 bits per heavy atom. The molecule has 0 bridgehead atoms. The Hall–Kier alpha value is -4.38. The maximum Gasteiger partial charge on any atom is 0.338 e. The van der Waals surface area contributed by atoms with Crippen LogP contribution in [0.4, 0.5) is 0 Å². The topological polar surface area (TPSA) is 65.7 Å². The Balaban J connectivity index is 1.32. The average molecular weight is 436 g/mol. The van der Waals surface area contributed by atoms with Gasteiger partial charge in [-0.1, -0.05) is 60.7 Å². The minimum atomic E-state index is -0.483. The normalized spacial score (nSPS) is 10.9. The summed E-state index contributed by atoms with van der Waals surface area (Å²) in [7, 11) is 0. The molecule has 0 aliphatic rings. The Labute approximate surface area is 189 Å². The first-order chi connectivity index (χ1) is 16.2. The van der Waals surface area contributed by atoms with Crippen molar-refractivity contribution in [3.63, 3.8) is 0 Å². The van der Waals surface area contributed by atoms with Gasteiger partial charge in [0.15, 0.2) is 0 Å². The van der Waals surface area contributed by atoms with Gasteiger partial charge in [-0.15, -0.1) is 0 Å². The molecule has 1 aromatic heterocycles. The number of fused-ring (bicyclic) bond motifs is 3. The van der Waals surface area contributed by atoms with Gasteiger partial charge in [-0.3, -0.25) is 0 Å². The molecular weight excluding hydrogens is 416 g/mol. The molecule has 0 N–H and O–H groups in total. The molecule has 33 heavy (non-hydrogen) atoms. The highest BCUT2D eigenvalue weighted by Crippen LogP contribution is 2.28. The van der Waals surface area contributed by atoms with Crippen LogP contribution in [-0.4, -0.2) is 5.97 Å². The van der Waals surface area contributed by atoms with Crippen LogP contribution in [-0.2, 0) is 18.0 Å². The molecule has 0 fully saturated rings. The Morgan fingerprint density at radius 1 is 0.788 bits per heavy atom. The molecule has 0 atom stereocenters. The molecule has 0 spiro atoms. The molecule has 0 saturated carbocycles. The van der Waals surface area contributed by atoms with Gasteiger partial charge >= 0.3 is 11.6 Å². The molecule has 0 aliphatic heterocycles. The summed E-state index contributed by atoms with van der Waals surface area (Å²) in [6.07, 6.45) is 0. The van der Waals surface area contributed by atoms with E-state index in [9.17, 15) is 9.59 Å². The number of hydrogen-bond acceptors (Lipinski definition) is 5. The Morgan fingerprint density at radius 3 is 2.36 bits per heavy atom. The molecule has 5 nitrogen and oxygen atoms in total. The van der Waals surface area contributed by atoms with Crippen LogP contribution in [0, 0.1) is 0 Å². The fourth-order valence-corrected chi connectivity index (χ4v) is 3.79. The van der Waals surface area contributed by atoms with Crippen LogP contribution in [0.3, 0.4) is 0 Å². The molecule has 5 rings (SSSR count). The van der Waals surface area contributed by atoms with Gasteiger partial charge in [0, 0.05) is 17.0 Å². The van der Waals surface area contributed by atoms with Crippen molar-refractivity contribution in [2.45, 2.75) is 13.2 Å². The summed E-state index contributed by atoms with van der Waals surface area (Å²) < 4.78 is 16.7. The number of rotatable bonds is 6. The van der Waals surface area contributed by atoms with E-state index in [-0.39, 0.29) is 6.61 Å². The highest BCUT2D eigenvalue weighted by atomic mass is 16.5. The predicted octanol–water partition coefficient (Wildman–Crippen LogP) is 5.88. The monoisotopic (exact) mass is 436 g/mol. The van der Waals surface area contributed by atoms with Gasteiger partial charge in [-0.25, -0.2) is 9.59 Å². The van der Waals surface area contributed by atoms with Crippen molar-refractivity contribution in [3.05, 3.63) is 124 Å². The highest BCUT2D eigenvalue weighted by Gasteiger charge is 2.13. The predicted molar refractivity (Wildman–Crippen MR) is 126 cm³/mol. The van der Waals surface area contributed by atoms with Gasteiger partial charge in [0.1, 0.15) is 24.5 Å². The first-order valence-corrected chi connectivity index (χ1v) is 10.6. The van der Waals surface area contributed by atoms with E-state index in [0.717, 1.165) is 21.7 Å². The molecule has 162 valence electrons. The van der Waals surface area contributed by atoms with Gasteiger partial charge in [0.05, 0.1) is 5.56 Å². The lowest BCUT2D eigenvalue weighted by Crippen LogP contribution is -2.08. The van der Waals surface area contributed by atoms with Crippen molar-refractivity contribution < 1.29 is 18.7 Å². The van der Waals surface area contributed by atoms with Crippen molar-refractivity contribution in [2.75, 3.05) is 0 Å². The number of carbonyl (C=O) groups is 1. The van der Waals surface area contributed by atoms with E-state index in [0.29, 0.717) is 29.1 Å². The van der Waals surface area contributed by atoms with E-state index < -0.39 is 11.6 Å². The second-order valence-corrected chi connectivity index (χ2v) is 7.63. The third-order valence-electron chi connectivity index (χ3n) is 5.41. The lowest BCUT2D eigenvalue weighted by atomic mass is 10.0. The van der Waals surface area contributed by atoms with Crippen molar-refractivity contribution in [2.24, 2.45) is 0 Å². The van der Waals surface area contributed by atoms with Crippen LogP contribution < -0.4 is 10.4 Å². The molecule has 0 radical (unpaired) electrons. The summed E-state index contributed by atoms with van der Waals surface area (Å²) in [5.41, 5.74) is 2.05. The lowest BCUT2D eigenvalue weighted by Gasteiger charge is -2.10. The van der Waals surface area contributed by atoms with Crippen molar-refractivity contribution in [1.29, 1.82) is 0 Å². The zero-order chi connectivity index (χ0) is 22.6. The number of esters is 1. The van der Waals surface area contributed by atoms with E-state index in [2.05, 4.69) is 0 Å². The number of hydrogen-bond donors (Lipinski definition) is 0. The second kappa shape index (κ2) is 9.01. The second-order valence-electron chi connectivity index (χ2n) is 7.63. The minimum Gasteiger partial charge on any atom is -0.489 e. The first-order valence-electron chi connectivity index (χ1n) is 10.6. The summed E-state index contributed by atoms with van der Waals surface area (Å²) >= 11 is 0. The van der Waals surface area contributed by atoms with E-state index in [1.807, 2.05) is 60.7 Å². The molecule has 0 aliphatic carbocycles. The first kappa shape index (κ1) is 20.5. The van der Waals surface area contributed by atoms with Gasteiger partial charge in [-0.2, -0.15) is 0 Å². The van der Waals surface area contributed by atoms with Crippen molar-refractivity contribution >= 4 is 27.7 Å². The van der Waals surface area contributed by atoms with Crippen LogP contribution in [0.25, 0.3) is 21.7 Å². The summed E-state index contributed by atoms with van der Waals surface area (Å²) in [4.78, 5) is 24.7. The van der Waals surface area contributed by atoms with E-state index >= 15 is 0 Å². The minimum absolute atomic E-state index is 0.0405. The van der Waals surface area contributed by atoms with Gasteiger partial charge in [0.25, 0.3) is 0 Å². The van der Waals surface area contributed by atoms with Gasteiger partial charge in [0.2, 0.25) is 0 Å². The number of benzene rings is 4. The Bertz CT molecular complexity index is 1480. The molecule has 1 heterocycles.